The number of halogens is 3. The minimum atomic E-state index is -4.55. The Morgan fingerprint density at radius 2 is 1.11 bits per heavy atom. The first-order valence-corrected chi connectivity index (χ1v) is 11.3. The van der Waals surface area contributed by atoms with E-state index in [1.807, 2.05) is 0 Å². The average Bonchev–Trinajstić information content (AvgIpc) is 2.87. The molecule has 3 aromatic carbocycles. The third-order valence-electron chi connectivity index (χ3n) is 6.36. The number of hydrogen-bond donors (Lipinski definition) is 2. The molecule has 0 aliphatic carbocycles. The number of alkyl halides is 3. The molecule has 5 aromatic rings. The van der Waals surface area contributed by atoms with Crippen LogP contribution in [0.5, 0.6) is 11.5 Å². The van der Waals surface area contributed by atoms with Crippen molar-refractivity contribution < 1.29 is 32.2 Å². The molecule has 5 rings (SSSR count). The van der Waals surface area contributed by atoms with E-state index in [9.17, 15) is 33.0 Å². The van der Waals surface area contributed by atoms with E-state index in [0.717, 1.165) is 12.1 Å². The molecule has 37 heavy (non-hydrogen) atoms. The topological polar surface area (TPSA) is 101 Å². The van der Waals surface area contributed by atoms with Crippen LogP contribution in [0.25, 0.3) is 21.9 Å². The predicted octanol–water partition coefficient (Wildman–Crippen LogP) is 5.90. The lowest BCUT2D eigenvalue weighted by Crippen LogP contribution is -2.18. The van der Waals surface area contributed by atoms with E-state index in [1.54, 1.807) is 36.4 Å². The number of para-hydroxylation sites is 2. The molecule has 2 heterocycles. The standard InChI is InChI=1S/C28H19F3O6/c29-28(30,31)17-11-9-15(10-12-17)16(13-20-24(32)18-5-1-3-7-22(18)36-26(20)34)14-21-25(33)19-6-2-4-8-23(19)37-27(21)35/h1-12,16,32-33H,13-14H2. The van der Waals surface area contributed by atoms with Gasteiger partial charge in [0.2, 0.25) is 0 Å². The zero-order valence-electron chi connectivity index (χ0n) is 19.1. The van der Waals surface area contributed by atoms with Crippen molar-refractivity contribution in [2.45, 2.75) is 24.9 Å². The van der Waals surface area contributed by atoms with Crippen molar-refractivity contribution >= 4 is 21.9 Å². The second kappa shape index (κ2) is 9.16. The minimum absolute atomic E-state index is 0.103. The molecule has 0 saturated carbocycles. The van der Waals surface area contributed by atoms with Gasteiger partial charge in [0.05, 0.1) is 27.5 Å². The lowest BCUT2D eigenvalue weighted by molar-refractivity contribution is -0.137. The number of fused-ring (bicyclic) bond motifs is 2. The Hall–Kier alpha value is -4.53. The maximum atomic E-state index is 13.1. The van der Waals surface area contributed by atoms with Gasteiger partial charge in [0.1, 0.15) is 22.7 Å². The Kier molecular flexibility index (Phi) is 5.99. The van der Waals surface area contributed by atoms with E-state index in [1.165, 1.54) is 24.3 Å². The Morgan fingerprint density at radius 3 is 1.54 bits per heavy atom. The SMILES string of the molecule is O=c1oc2ccccc2c(O)c1CC(Cc1c(O)c2ccccc2oc1=O)c1ccc(C(F)(F)F)cc1. The summed E-state index contributed by atoms with van der Waals surface area (Å²) in [7, 11) is 0. The summed E-state index contributed by atoms with van der Waals surface area (Å²) in [6.07, 6.45) is -4.92. The van der Waals surface area contributed by atoms with Gasteiger partial charge < -0.3 is 19.0 Å². The van der Waals surface area contributed by atoms with E-state index < -0.39 is 28.9 Å². The van der Waals surface area contributed by atoms with Crippen molar-refractivity contribution in [2.24, 2.45) is 0 Å². The molecule has 0 aliphatic heterocycles. The van der Waals surface area contributed by atoms with E-state index in [0.29, 0.717) is 5.56 Å². The summed E-state index contributed by atoms with van der Waals surface area (Å²) in [6, 6.07) is 17.0. The Balaban J connectivity index is 1.63. The summed E-state index contributed by atoms with van der Waals surface area (Å²) < 4.78 is 50.1. The molecule has 0 fully saturated rings. The highest BCUT2D eigenvalue weighted by Crippen LogP contribution is 2.36. The zero-order valence-corrected chi connectivity index (χ0v) is 19.1. The molecule has 0 aliphatic rings. The predicted molar refractivity (Wildman–Crippen MR) is 130 cm³/mol. The zero-order chi connectivity index (χ0) is 26.3. The largest absolute Gasteiger partial charge is 0.507 e. The van der Waals surface area contributed by atoms with Gasteiger partial charge in [0, 0.05) is 0 Å². The van der Waals surface area contributed by atoms with Gasteiger partial charge in [0.25, 0.3) is 0 Å². The quantitative estimate of drug-likeness (QED) is 0.287. The monoisotopic (exact) mass is 508 g/mol. The first-order chi connectivity index (χ1) is 17.6. The fourth-order valence-corrected chi connectivity index (χ4v) is 4.45. The van der Waals surface area contributed by atoms with Gasteiger partial charge in [-0.05, 0) is 60.7 Å². The normalized spacial score (nSPS) is 12.0. The molecule has 9 heteroatoms. The Morgan fingerprint density at radius 1 is 0.676 bits per heavy atom. The molecular formula is C28H19F3O6. The van der Waals surface area contributed by atoms with Gasteiger partial charge in [-0.25, -0.2) is 9.59 Å². The van der Waals surface area contributed by atoms with E-state index in [-0.39, 0.29) is 57.4 Å². The fourth-order valence-electron chi connectivity index (χ4n) is 4.45. The molecule has 188 valence electrons. The molecule has 0 radical (unpaired) electrons. The van der Waals surface area contributed by atoms with Gasteiger partial charge in [-0.1, -0.05) is 36.4 Å². The first-order valence-electron chi connectivity index (χ1n) is 11.3. The summed E-state index contributed by atoms with van der Waals surface area (Å²) >= 11 is 0. The minimum Gasteiger partial charge on any atom is -0.507 e. The molecule has 0 spiro atoms. The van der Waals surface area contributed by atoms with Crippen LogP contribution in [0.1, 0.15) is 28.2 Å². The van der Waals surface area contributed by atoms with Crippen LogP contribution in [0.15, 0.2) is 91.2 Å². The average molecular weight is 508 g/mol. The van der Waals surface area contributed by atoms with Crippen molar-refractivity contribution in [2.75, 3.05) is 0 Å². The fraction of sp³-hybridized carbons (Fsp3) is 0.143. The van der Waals surface area contributed by atoms with Crippen LogP contribution in [-0.4, -0.2) is 10.2 Å². The van der Waals surface area contributed by atoms with Crippen LogP contribution in [0.4, 0.5) is 13.2 Å². The summed E-state index contributed by atoms with van der Waals surface area (Å²) in [6.45, 7) is 0. The van der Waals surface area contributed by atoms with Crippen LogP contribution >= 0.6 is 0 Å². The molecule has 2 aromatic heterocycles. The smallest absolute Gasteiger partial charge is 0.416 e. The van der Waals surface area contributed by atoms with Gasteiger partial charge in [-0.15, -0.1) is 0 Å². The second-order valence-electron chi connectivity index (χ2n) is 8.65. The summed E-state index contributed by atoms with van der Waals surface area (Å²) in [5.41, 5.74) is -2.00. The number of aromatic hydroxyl groups is 2. The Bertz CT molecular complexity index is 1630. The van der Waals surface area contributed by atoms with Crippen molar-refractivity contribution in [3.05, 3.63) is 116 Å². The summed E-state index contributed by atoms with van der Waals surface area (Å²) in [5.74, 6) is -1.44. The highest BCUT2D eigenvalue weighted by molar-refractivity contribution is 5.84. The van der Waals surface area contributed by atoms with Crippen LogP contribution in [0, 0.1) is 0 Å². The van der Waals surface area contributed by atoms with Crippen LogP contribution in [0.3, 0.4) is 0 Å². The van der Waals surface area contributed by atoms with Gasteiger partial charge in [0.15, 0.2) is 0 Å². The number of benzene rings is 3. The molecule has 0 atom stereocenters. The summed E-state index contributed by atoms with van der Waals surface area (Å²) in [5, 5.41) is 22.3. The van der Waals surface area contributed by atoms with Crippen LogP contribution in [-0.2, 0) is 19.0 Å². The lowest BCUT2D eigenvalue weighted by atomic mass is 9.86. The molecule has 2 N–H and O–H groups in total. The van der Waals surface area contributed by atoms with Crippen molar-refractivity contribution in [1.82, 2.24) is 0 Å². The summed E-state index contributed by atoms with van der Waals surface area (Å²) in [4.78, 5) is 25.5. The molecule has 0 saturated heterocycles. The molecule has 0 unspecified atom stereocenters. The molecular weight excluding hydrogens is 489 g/mol. The van der Waals surface area contributed by atoms with Crippen molar-refractivity contribution in [3.8, 4) is 11.5 Å². The van der Waals surface area contributed by atoms with Gasteiger partial charge in [-0.3, -0.25) is 0 Å². The third-order valence-corrected chi connectivity index (χ3v) is 6.36. The van der Waals surface area contributed by atoms with E-state index in [4.69, 9.17) is 8.83 Å². The van der Waals surface area contributed by atoms with Gasteiger partial charge in [-0.2, -0.15) is 13.2 Å². The van der Waals surface area contributed by atoms with Crippen molar-refractivity contribution in [1.29, 1.82) is 0 Å². The molecule has 0 bridgehead atoms. The van der Waals surface area contributed by atoms with Crippen LogP contribution in [0.2, 0.25) is 0 Å². The van der Waals surface area contributed by atoms with E-state index >= 15 is 0 Å². The maximum absolute atomic E-state index is 13.1. The Labute approximate surface area is 206 Å². The van der Waals surface area contributed by atoms with Crippen molar-refractivity contribution in [3.63, 3.8) is 0 Å². The molecule has 6 nitrogen and oxygen atoms in total. The second-order valence-corrected chi connectivity index (χ2v) is 8.65. The number of hydrogen-bond acceptors (Lipinski definition) is 6. The van der Waals surface area contributed by atoms with Gasteiger partial charge >= 0.3 is 17.4 Å². The third kappa shape index (κ3) is 4.55. The maximum Gasteiger partial charge on any atom is 0.416 e. The first kappa shape index (κ1) is 24.2. The lowest BCUT2D eigenvalue weighted by Gasteiger charge is -2.19. The van der Waals surface area contributed by atoms with Crippen LogP contribution < -0.4 is 11.3 Å². The molecule has 0 amide bonds. The number of rotatable bonds is 5. The van der Waals surface area contributed by atoms with E-state index in [2.05, 4.69) is 0 Å². The highest BCUT2D eigenvalue weighted by Gasteiger charge is 2.31. The highest BCUT2D eigenvalue weighted by atomic mass is 19.4.